The second-order valence-corrected chi connectivity index (χ2v) is 6.93. The number of hydrogen-bond donors (Lipinski definition) is 2. The zero-order chi connectivity index (χ0) is 15.6. The zero-order valence-corrected chi connectivity index (χ0v) is 14.0. The fourth-order valence-corrected chi connectivity index (χ4v) is 2.44. The summed E-state index contributed by atoms with van der Waals surface area (Å²) >= 11 is 0. The molecule has 2 aromatic heterocycles. The van der Waals surface area contributed by atoms with Gasteiger partial charge in [0.15, 0.2) is 0 Å². The lowest BCUT2D eigenvalue weighted by Gasteiger charge is -2.16. The molecule has 0 aliphatic rings. The van der Waals surface area contributed by atoms with Gasteiger partial charge in [0.1, 0.15) is 0 Å². The van der Waals surface area contributed by atoms with Crippen molar-refractivity contribution in [2.75, 3.05) is 13.6 Å². The van der Waals surface area contributed by atoms with Crippen LogP contribution in [0.2, 0.25) is 0 Å². The van der Waals surface area contributed by atoms with Gasteiger partial charge in [0.05, 0.1) is 11.4 Å². The maximum atomic E-state index is 4.41. The van der Waals surface area contributed by atoms with Gasteiger partial charge >= 0.3 is 0 Å². The fraction of sp³-hybridized carbons (Fsp3) is 0.625. The summed E-state index contributed by atoms with van der Waals surface area (Å²) in [4.78, 5) is 2.31. The molecule has 2 rings (SSSR count). The second kappa shape index (κ2) is 6.02. The SMILES string of the molecule is Cc1n[nH]c(C)c1CCN(C)Cc1cc(C(C)(C)C)n[nH]1. The number of H-pyrrole nitrogens is 2. The van der Waals surface area contributed by atoms with Gasteiger partial charge < -0.3 is 4.90 Å². The van der Waals surface area contributed by atoms with Crippen molar-refractivity contribution in [3.8, 4) is 0 Å². The number of rotatable bonds is 5. The molecular formula is C16H27N5. The summed E-state index contributed by atoms with van der Waals surface area (Å²) in [7, 11) is 2.14. The summed E-state index contributed by atoms with van der Waals surface area (Å²) in [5.41, 5.74) is 6.01. The summed E-state index contributed by atoms with van der Waals surface area (Å²) in [5.74, 6) is 0. The van der Waals surface area contributed by atoms with Gasteiger partial charge in [-0.1, -0.05) is 20.8 Å². The smallest absolute Gasteiger partial charge is 0.0678 e. The molecule has 2 heterocycles. The van der Waals surface area contributed by atoms with Crippen molar-refractivity contribution < 1.29 is 0 Å². The molecule has 0 radical (unpaired) electrons. The van der Waals surface area contributed by atoms with Crippen LogP contribution in [0.15, 0.2) is 6.07 Å². The minimum atomic E-state index is 0.0956. The van der Waals surface area contributed by atoms with E-state index in [-0.39, 0.29) is 5.41 Å². The first-order chi connectivity index (χ1) is 9.77. The normalized spacial score (nSPS) is 12.3. The van der Waals surface area contributed by atoms with E-state index in [2.05, 4.69) is 73.0 Å². The van der Waals surface area contributed by atoms with Crippen molar-refractivity contribution in [1.82, 2.24) is 25.3 Å². The Hall–Kier alpha value is -1.62. The van der Waals surface area contributed by atoms with Gasteiger partial charge in [-0.3, -0.25) is 10.2 Å². The molecule has 0 aliphatic heterocycles. The molecule has 0 saturated heterocycles. The largest absolute Gasteiger partial charge is 0.300 e. The Kier molecular flexibility index (Phi) is 4.52. The van der Waals surface area contributed by atoms with E-state index in [9.17, 15) is 0 Å². The molecule has 5 heteroatoms. The minimum absolute atomic E-state index is 0.0956. The van der Waals surface area contributed by atoms with Crippen molar-refractivity contribution in [1.29, 1.82) is 0 Å². The van der Waals surface area contributed by atoms with Crippen molar-refractivity contribution >= 4 is 0 Å². The number of hydrogen-bond acceptors (Lipinski definition) is 3. The van der Waals surface area contributed by atoms with Crippen LogP contribution >= 0.6 is 0 Å². The summed E-state index contributed by atoms with van der Waals surface area (Å²) in [6.07, 6.45) is 1.02. The van der Waals surface area contributed by atoms with Crippen LogP contribution in [0.5, 0.6) is 0 Å². The van der Waals surface area contributed by atoms with Crippen LogP contribution in [0, 0.1) is 13.8 Å². The highest BCUT2D eigenvalue weighted by Crippen LogP contribution is 2.20. The van der Waals surface area contributed by atoms with E-state index in [1.54, 1.807) is 0 Å². The van der Waals surface area contributed by atoms with E-state index in [4.69, 9.17) is 0 Å². The quantitative estimate of drug-likeness (QED) is 0.889. The molecule has 5 nitrogen and oxygen atoms in total. The van der Waals surface area contributed by atoms with E-state index in [1.165, 1.54) is 17.0 Å². The second-order valence-electron chi connectivity index (χ2n) is 6.93. The maximum Gasteiger partial charge on any atom is 0.0678 e. The lowest BCUT2D eigenvalue weighted by atomic mass is 9.92. The van der Waals surface area contributed by atoms with Crippen LogP contribution in [0.3, 0.4) is 0 Å². The molecule has 0 spiro atoms. The van der Waals surface area contributed by atoms with Gasteiger partial charge in [-0.25, -0.2) is 0 Å². The van der Waals surface area contributed by atoms with Gasteiger partial charge in [0, 0.05) is 29.9 Å². The predicted octanol–water partition coefficient (Wildman–Crippen LogP) is 2.72. The lowest BCUT2D eigenvalue weighted by molar-refractivity contribution is 0.326. The predicted molar refractivity (Wildman–Crippen MR) is 85.4 cm³/mol. The van der Waals surface area contributed by atoms with Crippen LogP contribution in [-0.2, 0) is 18.4 Å². The third-order valence-electron chi connectivity index (χ3n) is 3.86. The first-order valence-electron chi connectivity index (χ1n) is 7.51. The molecule has 0 saturated carbocycles. The van der Waals surface area contributed by atoms with Crippen molar-refractivity contribution in [2.45, 2.75) is 53.0 Å². The van der Waals surface area contributed by atoms with Gasteiger partial charge in [0.2, 0.25) is 0 Å². The average Bonchev–Trinajstić information content (AvgIpc) is 2.95. The molecule has 0 fully saturated rings. The van der Waals surface area contributed by atoms with E-state index in [0.717, 1.165) is 30.9 Å². The molecular weight excluding hydrogens is 262 g/mol. The molecule has 2 N–H and O–H groups in total. The topological polar surface area (TPSA) is 60.6 Å². The lowest BCUT2D eigenvalue weighted by Crippen LogP contribution is -2.21. The first kappa shape index (κ1) is 15.8. The van der Waals surface area contributed by atoms with Crippen LogP contribution in [0.25, 0.3) is 0 Å². The fourth-order valence-electron chi connectivity index (χ4n) is 2.44. The third kappa shape index (κ3) is 3.94. The van der Waals surface area contributed by atoms with Crippen LogP contribution < -0.4 is 0 Å². The zero-order valence-electron chi connectivity index (χ0n) is 14.0. The van der Waals surface area contributed by atoms with Gasteiger partial charge in [-0.05, 0) is 38.9 Å². The highest BCUT2D eigenvalue weighted by Gasteiger charge is 2.17. The number of aromatic amines is 2. The highest BCUT2D eigenvalue weighted by atomic mass is 15.2. The summed E-state index contributed by atoms with van der Waals surface area (Å²) in [5, 5.41) is 14.9. The van der Waals surface area contributed by atoms with Gasteiger partial charge in [0.25, 0.3) is 0 Å². The van der Waals surface area contributed by atoms with E-state index in [1.807, 2.05) is 0 Å². The van der Waals surface area contributed by atoms with Crippen molar-refractivity contribution in [2.24, 2.45) is 0 Å². The van der Waals surface area contributed by atoms with Gasteiger partial charge in [-0.2, -0.15) is 10.2 Å². The Bertz CT molecular complexity index is 569. The molecule has 0 atom stereocenters. The number of nitrogens with zero attached hydrogens (tertiary/aromatic N) is 3. The van der Waals surface area contributed by atoms with E-state index >= 15 is 0 Å². The minimum Gasteiger partial charge on any atom is -0.300 e. The summed E-state index contributed by atoms with van der Waals surface area (Å²) in [6.45, 7) is 12.6. The van der Waals surface area contributed by atoms with E-state index in [0.29, 0.717) is 0 Å². The Morgan fingerprint density at radius 2 is 1.86 bits per heavy atom. The number of nitrogens with one attached hydrogen (secondary N) is 2. The van der Waals surface area contributed by atoms with Gasteiger partial charge in [-0.15, -0.1) is 0 Å². The Balaban J connectivity index is 1.90. The monoisotopic (exact) mass is 289 g/mol. The highest BCUT2D eigenvalue weighted by molar-refractivity contribution is 5.23. The van der Waals surface area contributed by atoms with Crippen LogP contribution in [0.1, 0.15) is 49.1 Å². The van der Waals surface area contributed by atoms with Crippen molar-refractivity contribution in [3.63, 3.8) is 0 Å². The summed E-state index contributed by atoms with van der Waals surface area (Å²) in [6, 6.07) is 2.17. The molecule has 0 aliphatic carbocycles. The van der Waals surface area contributed by atoms with E-state index < -0.39 is 0 Å². The molecule has 0 bridgehead atoms. The van der Waals surface area contributed by atoms with Crippen LogP contribution in [0.4, 0.5) is 0 Å². The summed E-state index contributed by atoms with van der Waals surface area (Å²) < 4.78 is 0. The Morgan fingerprint density at radius 1 is 1.14 bits per heavy atom. The van der Waals surface area contributed by atoms with Crippen LogP contribution in [-0.4, -0.2) is 38.9 Å². The first-order valence-corrected chi connectivity index (χ1v) is 7.51. The third-order valence-corrected chi connectivity index (χ3v) is 3.86. The number of aromatic nitrogens is 4. The molecule has 0 unspecified atom stereocenters. The Morgan fingerprint density at radius 3 is 2.38 bits per heavy atom. The molecule has 21 heavy (non-hydrogen) atoms. The molecule has 0 amide bonds. The standard InChI is InChI=1S/C16H27N5/c1-11-14(12(2)18-17-11)7-8-21(6)10-13-9-15(20-19-13)16(3,4)5/h9H,7-8,10H2,1-6H3,(H,17,18)(H,19,20). The maximum absolute atomic E-state index is 4.41. The number of likely N-dealkylation sites (N-methyl/N-ethyl adjacent to an activating group) is 1. The molecule has 116 valence electrons. The average molecular weight is 289 g/mol. The molecule has 2 aromatic rings. The Labute approximate surface area is 127 Å². The van der Waals surface area contributed by atoms with Crippen molar-refractivity contribution in [3.05, 3.63) is 34.4 Å². The number of aryl methyl sites for hydroxylation is 2. The molecule has 0 aromatic carbocycles.